The van der Waals surface area contributed by atoms with Crippen LogP contribution in [0.5, 0.6) is 5.75 Å². The zero-order chi connectivity index (χ0) is 31.2. The molecule has 3 heterocycles. The van der Waals surface area contributed by atoms with Crippen LogP contribution in [-0.4, -0.2) is 62.3 Å². The van der Waals surface area contributed by atoms with Gasteiger partial charge in [0.05, 0.1) is 52.6 Å². The first-order valence-electron chi connectivity index (χ1n) is 15.5. The second-order valence-electron chi connectivity index (χ2n) is 13.0. The predicted octanol–water partition coefficient (Wildman–Crippen LogP) is 5.44. The predicted molar refractivity (Wildman–Crippen MR) is 183 cm³/mol. The van der Waals surface area contributed by atoms with Gasteiger partial charge >= 0.3 is 0 Å². The molecule has 5 atom stereocenters. The summed E-state index contributed by atoms with van der Waals surface area (Å²) in [6, 6.07) is 24.4. The lowest BCUT2D eigenvalue weighted by Crippen LogP contribution is -2.52. The molecule has 2 saturated heterocycles. The minimum Gasteiger partial charge on any atom is -0.497 e. The van der Waals surface area contributed by atoms with Crippen LogP contribution in [-0.2, 0) is 26.5 Å². The third-order valence-corrected chi connectivity index (χ3v) is 15.4. The molecule has 0 bridgehead atoms. The third-order valence-electron chi connectivity index (χ3n) is 10.3. The Morgan fingerprint density at radius 2 is 1.80 bits per heavy atom. The average molecular weight is 725 g/mol. The van der Waals surface area contributed by atoms with Crippen molar-refractivity contribution in [2.24, 2.45) is 5.92 Å². The molecule has 0 saturated carbocycles. The molecule has 1 N–H and O–H groups in total. The number of hydrogen-bond acceptors (Lipinski definition) is 5. The molecule has 0 aromatic heterocycles. The molecule has 0 aliphatic carbocycles. The van der Waals surface area contributed by atoms with Crippen LogP contribution in [0.3, 0.4) is 0 Å². The van der Waals surface area contributed by atoms with Gasteiger partial charge in [0.2, 0.25) is 5.91 Å². The van der Waals surface area contributed by atoms with Crippen LogP contribution in [0.4, 0.5) is 5.69 Å². The van der Waals surface area contributed by atoms with E-state index in [0.717, 1.165) is 39.0 Å². The van der Waals surface area contributed by atoms with Crippen molar-refractivity contribution in [1.82, 2.24) is 4.90 Å². The van der Waals surface area contributed by atoms with Gasteiger partial charge in [0.25, 0.3) is 5.91 Å². The van der Waals surface area contributed by atoms with E-state index >= 15 is 0 Å². The molecule has 232 valence electrons. The Balaban J connectivity index is 1.42. The summed E-state index contributed by atoms with van der Waals surface area (Å²) in [5.74, 6) is 0.563. The maximum Gasteiger partial charge on any atom is 0.264 e. The lowest BCUT2D eigenvalue weighted by Gasteiger charge is -2.37. The standard InChI is InChI=1S/C35H41IN2O5Si/c1-23-33(44(3,4)28-17-15-27(42-2)16-18-28)31(20-32(40)37-19-7-8-26(37)22-39)43-35(23)29-9-5-6-10-30(29)38(34(35)41)21-24-11-13-25(36)14-12-24/h5-6,9-18,23,26,31,33,39H,7-8,19-22H2,1-4H3/t23-,26+,31+,33-,35+/m1/s1. The van der Waals surface area contributed by atoms with Crippen molar-refractivity contribution < 1.29 is 24.2 Å². The van der Waals surface area contributed by atoms with Gasteiger partial charge in [0, 0.05) is 21.6 Å². The summed E-state index contributed by atoms with van der Waals surface area (Å²) in [4.78, 5) is 32.4. The molecule has 9 heteroatoms. The highest BCUT2D eigenvalue weighted by Crippen LogP contribution is 2.60. The van der Waals surface area contributed by atoms with E-state index in [1.54, 1.807) is 7.11 Å². The molecule has 2 amide bonds. The Bertz CT molecular complexity index is 1530. The molecule has 1 spiro atoms. The zero-order valence-electron chi connectivity index (χ0n) is 25.8. The minimum atomic E-state index is -2.36. The number of likely N-dealkylation sites (tertiary alicyclic amines) is 1. The topological polar surface area (TPSA) is 79.3 Å². The van der Waals surface area contributed by atoms with E-state index in [-0.39, 0.29) is 42.3 Å². The van der Waals surface area contributed by atoms with E-state index in [9.17, 15) is 14.7 Å². The van der Waals surface area contributed by atoms with Crippen LogP contribution in [0, 0.1) is 9.49 Å². The van der Waals surface area contributed by atoms with Crippen LogP contribution in [0.1, 0.15) is 37.3 Å². The van der Waals surface area contributed by atoms with Gasteiger partial charge in [-0.05, 0) is 76.9 Å². The summed E-state index contributed by atoms with van der Waals surface area (Å²) >= 11 is 2.29. The number of fused-ring (bicyclic) bond motifs is 2. The van der Waals surface area contributed by atoms with Crippen molar-refractivity contribution >= 4 is 53.4 Å². The van der Waals surface area contributed by atoms with Crippen molar-refractivity contribution in [3.05, 3.63) is 87.5 Å². The number of rotatable bonds is 8. The van der Waals surface area contributed by atoms with Crippen molar-refractivity contribution in [3.63, 3.8) is 0 Å². The van der Waals surface area contributed by atoms with E-state index in [0.29, 0.717) is 13.1 Å². The maximum atomic E-state index is 14.8. The Hall–Kier alpha value is -2.73. The second-order valence-corrected chi connectivity index (χ2v) is 18.9. The van der Waals surface area contributed by atoms with Gasteiger partial charge in [-0.15, -0.1) is 0 Å². The summed E-state index contributed by atoms with van der Waals surface area (Å²) in [5.41, 5.74) is 1.60. The molecule has 3 aromatic carbocycles. The van der Waals surface area contributed by atoms with E-state index < -0.39 is 19.8 Å². The van der Waals surface area contributed by atoms with Crippen molar-refractivity contribution in [3.8, 4) is 5.75 Å². The van der Waals surface area contributed by atoms with Crippen LogP contribution >= 0.6 is 22.6 Å². The summed E-state index contributed by atoms with van der Waals surface area (Å²) < 4.78 is 13.7. The Labute approximate surface area is 274 Å². The highest BCUT2D eigenvalue weighted by molar-refractivity contribution is 14.1. The smallest absolute Gasteiger partial charge is 0.264 e. The first kappa shape index (κ1) is 31.3. The molecule has 6 rings (SSSR count). The van der Waals surface area contributed by atoms with Crippen molar-refractivity contribution in [2.45, 2.75) is 69.1 Å². The highest BCUT2D eigenvalue weighted by atomic mass is 127. The fourth-order valence-electron chi connectivity index (χ4n) is 8.04. The first-order valence-corrected chi connectivity index (χ1v) is 19.7. The molecule has 3 aliphatic rings. The number of aliphatic hydroxyl groups is 1. The fourth-order valence-corrected chi connectivity index (χ4v) is 12.4. The van der Waals surface area contributed by atoms with Gasteiger partial charge in [-0.2, -0.15) is 0 Å². The van der Waals surface area contributed by atoms with Gasteiger partial charge < -0.3 is 24.4 Å². The van der Waals surface area contributed by atoms with E-state index in [2.05, 4.69) is 79.0 Å². The van der Waals surface area contributed by atoms with E-state index in [1.807, 2.05) is 46.2 Å². The molecular weight excluding hydrogens is 683 g/mol. The zero-order valence-corrected chi connectivity index (χ0v) is 29.0. The monoisotopic (exact) mass is 724 g/mol. The van der Waals surface area contributed by atoms with E-state index in [4.69, 9.17) is 9.47 Å². The number of anilines is 1. The Morgan fingerprint density at radius 3 is 2.48 bits per heavy atom. The summed E-state index contributed by atoms with van der Waals surface area (Å²) in [7, 11) is -0.693. The quantitative estimate of drug-likeness (QED) is 0.248. The molecule has 44 heavy (non-hydrogen) atoms. The lowest BCUT2D eigenvalue weighted by atomic mass is 9.82. The van der Waals surface area contributed by atoms with Crippen LogP contribution in [0.15, 0.2) is 72.8 Å². The number of carbonyl (C=O) groups is 2. The maximum absolute atomic E-state index is 14.8. The third kappa shape index (κ3) is 5.19. The number of hydrogen-bond donors (Lipinski definition) is 1. The number of ether oxygens (including phenoxy) is 2. The number of para-hydroxylation sites is 1. The SMILES string of the molecule is COc1ccc([Si](C)(C)[C@H]2[C@H](CC(=O)N3CCC[C@H]3CO)O[C@@]3(C(=O)N(Cc4ccc(I)cc4)c4ccccc43)[C@@H]2C)cc1. The summed E-state index contributed by atoms with van der Waals surface area (Å²) in [6.07, 6.45) is 1.43. The largest absolute Gasteiger partial charge is 0.497 e. The average Bonchev–Trinajstić information content (AvgIpc) is 3.69. The van der Waals surface area contributed by atoms with Gasteiger partial charge in [-0.25, -0.2) is 0 Å². The van der Waals surface area contributed by atoms with Crippen LogP contribution in [0.2, 0.25) is 18.6 Å². The van der Waals surface area contributed by atoms with Crippen LogP contribution < -0.4 is 14.8 Å². The van der Waals surface area contributed by atoms with E-state index in [1.165, 1.54) is 5.19 Å². The number of methoxy groups -OCH3 is 1. The molecule has 0 unspecified atom stereocenters. The van der Waals surface area contributed by atoms with Gasteiger partial charge in [-0.3, -0.25) is 9.59 Å². The molecule has 2 fully saturated rings. The number of benzene rings is 3. The molecule has 7 nitrogen and oxygen atoms in total. The minimum absolute atomic E-state index is 0.00481. The van der Waals surface area contributed by atoms with Gasteiger partial charge in [-0.1, -0.05) is 67.7 Å². The number of halogens is 1. The number of aliphatic hydroxyl groups excluding tert-OH is 1. The number of carbonyl (C=O) groups excluding carboxylic acids is 2. The number of nitrogens with zero attached hydrogens (tertiary/aromatic N) is 2. The molecular formula is C35H41IN2O5Si. The molecule has 0 radical (unpaired) electrons. The molecule has 3 aromatic rings. The summed E-state index contributed by atoms with van der Waals surface area (Å²) in [6.45, 7) is 7.88. The first-order chi connectivity index (χ1) is 21.1. The highest BCUT2D eigenvalue weighted by Gasteiger charge is 2.66. The van der Waals surface area contributed by atoms with Gasteiger partial charge in [0.15, 0.2) is 5.60 Å². The van der Waals surface area contributed by atoms with Crippen molar-refractivity contribution in [1.29, 1.82) is 0 Å². The van der Waals surface area contributed by atoms with Gasteiger partial charge in [0.1, 0.15) is 5.75 Å². The second kappa shape index (κ2) is 12.2. The summed E-state index contributed by atoms with van der Waals surface area (Å²) in [5, 5.41) is 11.2. The molecule has 3 aliphatic heterocycles. The Kier molecular flexibility index (Phi) is 8.68. The fraction of sp³-hybridized carbons (Fsp3) is 0.429. The number of amides is 2. The van der Waals surface area contributed by atoms with Crippen molar-refractivity contribution in [2.75, 3.05) is 25.2 Å². The Morgan fingerprint density at radius 1 is 1.09 bits per heavy atom. The lowest BCUT2D eigenvalue weighted by molar-refractivity contribution is -0.150. The normalized spacial score (nSPS) is 26.5. The van der Waals surface area contributed by atoms with Crippen LogP contribution in [0.25, 0.3) is 0 Å².